The Kier molecular flexibility index (Phi) is 5.71. The molecular formula is C19H26N4O2. The predicted octanol–water partition coefficient (Wildman–Crippen LogP) is 3.19. The number of amides is 2. The Morgan fingerprint density at radius 2 is 2.28 bits per heavy atom. The van der Waals surface area contributed by atoms with E-state index in [-0.39, 0.29) is 24.2 Å². The van der Waals surface area contributed by atoms with Gasteiger partial charge in [-0.05, 0) is 50.8 Å². The standard InChI is InChI=1S/C19H26N4O2/c1-14(11-18-7-4-10-25-18)21-19(24)22-15(2)16-5-3-6-17(12-16)23-9-8-20-13-23/h3,5-6,8-9,12-15,18H,4,7,10-11H2,1-2H3,(H2,21,22,24)/t14-,15-,18+/m1/s1. The fraction of sp³-hybridized carbons (Fsp3) is 0.474. The first-order valence-corrected chi connectivity index (χ1v) is 8.89. The summed E-state index contributed by atoms with van der Waals surface area (Å²) >= 11 is 0. The van der Waals surface area contributed by atoms with E-state index in [1.54, 1.807) is 12.5 Å². The van der Waals surface area contributed by atoms with Crippen LogP contribution < -0.4 is 10.6 Å². The highest BCUT2D eigenvalue weighted by molar-refractivity contribution is 5.74. The van der Waals surface area contributed by atoms with Crippen LogP contribution in [0.2, 0.25) is 0 Å². The van der Waals surface area contributed by atoms with Crippen molar-refractivity contribution in [2.24, 2.45) is 0 Å². The summed E-state index contributed by atoms with van der Waals surface area (Å²) in [7, 11) is 0. The second kappa shape index (κ2) is 8.16. The van der Waals surface area contributed by atoms with Crippen LogP contribution >= 0.6 is 0 Å². The van der Waals surface area contributed by atoms with Crippen LogP contribution in [0.4, 0.5) is 4.79 Å². The first-order valence-electron chi connectivity index (χ1n) is 8.89. The number of aromatic nitrogens is 2. The number of rotatable bonds is 6. The molecular weight excluding hydrogens is 316 g/mol. The summed E-state index contributed by atoms with van der Waals surface area (Å²) in [6, 6.07) is 7.93. The normalized spacial score (nSPS) is 19.4. The van der Waals surface area contributed by atoms with Gasteiger partial charge >= 0.3 is 6.03 Å². The van der Waals surface area contributed by atoms with E-state index >= 15 is 0 Å². The Hall–Kier alpha value is -2.34. The van der Waals surface area contributed by atoms with Crippen molar-refractivity contribution in [3.8, 4) is 5.69 Å². The molecule has 134 valence electrons. The maximum Gasteiger partial charge on any atom is 0.315 e. The van der Waals surface area contributed by atoms with Gasteiger partial charge in [0.25, 0.3) is 0 Å². The largest absolute Gasteiger partial charge is 0.378 e. The Balaban J connectivity index is 1.53. The molecule has 0 bridgehead atoms. The highest BCUT2D eigenvalue weighted by atomic mass is 16.5. The highest BCUT2D eigenvalue weighted by Gasteiger charge is 2.20. The molecule has 1 fully saturated rings. The minimum absolute atomic E-state index is 0.0848. The van der Waals surface area contributed by atoms with Gasteiger partial charge in [-0.3, -0.25) is 0 Å². The van der Waals surface area contributed by atoms with E-state index in [0.717, 1.165) is 37.1 Å². The maximum absolute atomic E-state index is 12.2. The summed E-state index contributed by atoms with van der Waals surface area (Å²) in [6.07, 6.45) is 8.75. The Labute approximate surface area is 148 Å². The lowest BCUT2D eigenvalue weighted by molar-refractivity contribution is 0.0971. The maximum atomic E-state index is 12.2. The number of imidazole rings is 1. The van der Waals surface area contributed by atoms with E-state index in [2.05, 4.69) is 21.7 Å². The minimum atomic E-state index is -0.147. The highest BCUT2D eigenvalue weighted by Crippen LogP contribution is 2.18. The van der Waals surface area contributed by atoms with E-state index < -0.39 is 0 Å². The zero-order chi connectivity index (χ0) is 17.6. The third-order valence-electron chi connectivity index (χ3n) is 4.54. The Morgan fingerprint density at radius 1 is 1.40 bits per heavy atom. The zero-order valence-corrected chi connectivity index (χ0v) is 14.8. The fourth-order valence-electron chi connectivity index (χ4n) is 3.20. The summed E-state index contributed by atoms with van der Waals surface area (Å²) in [4.78, 5) is 16.3. The molecule has 2 amide bonds. The van der Waals surface area contributed by atoms with Gasteiger partial charge in [0.15, 0.2) is 0 Å². The molecule has 0 radical (unpaired) electrons. The molecule has 0 aliphatic carbocycles. The van der Waals surface area contributed by atoms with Gasteiger partial charge in [-0.25, -0.2) is 9.78 Å². The smallest absolute Gasteiger partial charge is 0.315 e. The van der Waals surface area contributed by atoms with Crippen molar-refractivity contribution in [1.29, 1.82) is 0 Å². The van der Waals surface area contributed by atoms with Crippen LogP contribution in [0.3, 0.4) is 0 Å². The van der Waals surface area contributed by atoms with Crippen molar-refractivity contribution >= 4 is 6.03 Å². The molecule has 2 N–H and O–H groups in total. The minimum Gasteiger partial charge on any atom is -0.378 e. The molecule has 0 saturated carbocycles. The summed E-state index contributed by atoms with van der Waals surface area (Å²) in [6.45, 7) is 4.84. The monoisotopic (exact) mass is 342 g/mol. The SMILES string of the molecule is C[C@H](C[C@@H]1CCCO1)NC(=O)N[C@H](C)c1cccc(-n2ccnc2)c1. The van der Waals surface area contributed by atoms with Crippen molar-refractivity contribution in [2.75, 3.05) is 6.61 Å². The number of carbonyl (C=O) groups is 1. The van der Waals surface area contributed by atoms with Crippen molar-refractivity contribution in [3.05, 3.63) is 48.5 Å². The predicted molar refractivity (Wildman–Crippen MR) is 96.7 cm³/mol. The number of ether oxygens (including phenoxy) is 1. The van der Waals surface area contributed by atoms with E-state index in [9.17, 15) is 4.79 Å². The molecule has 3 atom stereocenters. The molecule has 2 aromatic rings. The van der Waals surface area contributed by atoms with Crippen LogP contribution in [0.5, 0.6) is 0 Å². The first kappa shape index (κ1) is 17.5. The molecule has 1 saturated heterocycles. The Bertz CT molecular complexity index is 680. The number of hydrogen-bond donors (Lipinski definition) is 2. The van der Waals surface area contributed by atoms with Gasteiger partial charge < -0.3 is 19.9 Å². The lowest BCUT2D eigenvalue weighted by Crippen LogP contribution is -2.42. The van der Waals surface area contributed by atoms with Crippen molar-refractivity contribution in [2.45, 2.75) is 51.3 Å². The molecule has 0 unspecified atom stereocenters. The molecule has 25 heavy (non-hydrogen) atoms. The number of urea groups is 1. The van der Waals surface area contributed by atoms with Crippen LogP contribution in [0.15, 0.2) is 43.0 Å². The van der Waals surface area contributed by atoms with Gasteiger partial charge in [0.2, 0.25) is 0 Å². The van der Waals surface area contributed by atoms with Crippen LogP contribution in [0, 0.1) is 0 Å². The van der Waals surface area contributed by atoms with Gasteiger partial charge in [-0.2, -0.15) is 0 Å². The third-order valence-corrected chi connectivity index (χ3v) is 4.54. The zero-order valence-electron chi connectivity index (χ0n) is 14.8. The molecule has 1 aliphatic rings. The van der Waals surface area contributed by atoms with E-state index in [4.69, 9.17) is 4.74 Å². The lowest BCUT2D eigenvalue weighted by Gasteiger charge is -2.20. The van der Waals surface area contributed by atoms with Crippen molar-refractivity contribution in [3.63, 3.8) is 0 Å². The van der Waals surface area contributed by atoms with Crippen LogP contribution in [-0.4, -0.2) is 34.3 Å². The summed E-state index contributed by atoms with van der Waals surface area (Å²) in [5.74, 6) is 0. The number of carbonyl (C=O) groups excluding carboxylic acids is 1. The molecule has 1 aromatic carbocycles. The van der Waals surface area contributed by atoms with Gasteiger partial charge in [-0.1, -0.05) is 12.1 Å². The molecule has 6 heteroatoms. The fourth-order valence-corrected chi connectivity index (χ4v) is 3.20. The quantitative estimate of drug-likeness (QED) is 0.847. The van der Waals surface area contributed by atoms with E-state index in [1.807, 2.05) is 42.8 Å². The second-order valence-corrected chi connectivity index (χ2v) is 6.68. The van der Waals surface area contributed by atoms with Crippen molar-refractivity contribution in [1.82, 2.24) is 20.2 Å². The second-order valence-electron chi connectivity index (χ2n) is 6.68. The number of hydrogen-bond acceptors (Lipinski definition) is 3. The molecule has 0 spiro atoms. The molecule has 1 aliphatic heterocycles. The number of nitrogens with one attached hydrogen (secondary N) is 2. The topological polar surface area (TPSA) is 68.2 Å². The molecule has 6 nitrogen and oxygen atoms in total. The van der Waals surface area contributed by atoms with Crippen LogP contribution in [0.1, 0.15) is 44.7 Å². The first-order chi connectivity index (χ1) is 12.1. The summed E-state index contributed by atoms with van der Waals surface area (Å²) < 4.78 is 7.57. The van der Waals surface area contributed by atoms with Crippen LogP contribution in [-0.2, 0) is 4.74 Å². The number of benzene rings is 1. The van der Waals surface area contributed by atoms with E-state index in [1.165, 1.54) is 0 Å². The van der Waals surface area contributed by atoms with Gasteiger partial charge in [0.05, 0.1) is 18.5 Å². The van der Waals surface area contributed by atoms with Crippen molar-refractivity contribution < 1.29 is 9.53 Å². The molecule has 1 aromatic heterocycles. The van der Waals surface area contributed by atoms with Crippen LogP contribution in [0.25, 0.3) is 5.69 Å². The Morgan fingerprint density at radius 3 is 3.00 bits per heavy atom. The third kappa shape index (κ3) is 4.82. The summed E-state index contributed by atoms with van der Waals surface area (Å²) in [5.41, 5.74) is 2.07. The van der Waals surface area contributed by atoms with Gasteiger partial charge in [0.1, 0.15) is 0 Å². The average molecular weight is 342 g/mol. The van der Waals surface area contributed by atoms with Gasteiger partial charge in [0, 0.05) is 30.7 Å². The van der Waals surface area contributed by atoms with E-state index in [0.29, 0.717) is 0 Å². The average Bonchev–Trinajstić information content (AvgIpc) is 3.28. The van der Waals surface area contributed by atoms with Gasteiger partial charge in [-0.15, -0.1) is 0 Å². The number of nitrogens with zero attached hydrogens (tertiary/aromatic N) is 2. The summed E-state index contributed by atoms with van der Waals surface area (Å²) in [5, 5.41) is 6.01. The molecule has 2 heterocycles. The lowest BCUT2D eigenvalue weighted by atomic mass is 10.1. The molecule has 3 rings (SSSR count).